The standard InChI is InChI=1S/C8H9NO2/c1-3-5-6(4-2)8(11)9-7(5)10/h3-6H,1-2H2,(H,9,10,11). The molecule has 0 saturated carbocycles. The van der Waals surface area contributed by atoms with Crippen molar-refractivity contribution >= 4 is 11.8 Å². The number of amides is 2. The molecule has 1 saturated heterocycles. The number of carbonyl (C=O) groups excluding carboxylic acids is 2. The van der Waals surface area contributed by atoms with Gasteiger partial charge in [0.1, 0.15) is 0 Å². The van der Waals surface area contributed by atoms with Crippen LogP contribution in [0.3, 0.4) is 0 Å². The first kappa shape index (κ1) is 7.72. The first-order valence-corrected chi connectivity index (χ1v) is 3.30. The predicted octanol–water partition coefficient (Wildman–Crippen LogP) is 0.247. The van der Waals surface area contributed by atoms with E-state index in [0.717, 1.165) is 0 Å². The molecule has 1 N–H and O–H groups in total. The molecular weight excluding hydrogens is 142 g/mol. The van der Waals surface area contributed by atoms with Crippen molar-refractivity contribution in [3.05, 3.63) is 25.3 Å². The van der Waals surface area contributed by atoms with E-state index in [4.69, 9.17) is 0 Å². The summed E-state index contributed by atoms with van der Waals surface area (Å²) in [5, 5.41) is 2.20. The van der Waals surface area contributed by atoms with Crippen molar-refractivity contribution in [3.63, 3.8) is 0 Å². The molecule has 3 heteroatoms. The number of rotatable bonds is 2. The molecule has 1 fully saturated rings. The molecule has 0 aliphatic carbocycles. The molecular formula is C8H9NO2. The second-order valence-corrected chi connectivity index (χ2v) is 2.38. The highest BCUT2D eigenvalue weighted by Gasteiger charge is 2.37. The second-order valence-electron chi connectivity index (χ2n) is 2.38. The largest absolute Gasteiger partial charge is 0.295 e. The van der Waals surface area contributed by atoms with Crippen molar-refractivity contribution in [1.82, 2.24) is 5.32 Å². The first-order chi connectivity index (χ1) is 5.20. The summed E-state index contributed by atoms with van der Waals surface area (Å²) < 4.78 is 0. The SMILES string of the molecule is C=CC1C(=O)NC(=O)C1C=C. The van der Waals surface area contributed by atoms with Crippen molar-refractivity contribution in [1.29, 1.82) is 0 Å². The molecule has 3 nitrogen and oxygen atoms in total. The number of carbonyl (C=O) groups is 2. The van der Waals surface area contributed by atoms with Gasteiger partial charge in [0.05, 0.1) is 11.8 Å². The smallest absolute Gasteiger partial charge is 0.234 e. The van der Waals surface area contributed by atoms with E-state index in [1.54, 1.807) is 0 Å². The van der Waals surface area contributed by atoms with E-state index in [1.807, 2.05) is 0 Å². The van der Waals surface area contributed by atoms with Gasteiger partial charge in [-0.05, 0) is 0 Å². The minimum Gasteiger partial charge on any atom is -0.295 e. The third-order valence-corrected chi connectivity index (χ3v) is 1.75. The van der Waals surface area contributed by atoms with Crippen LogP contribution in [0.1, 0.15) is 0 Å². The molecule has 0 bridgehead atoms. The summed E-state index contributed by atoms with van der Waals surface area (Å²) in [4.78, 5) is 21.9. The average Bonchev–Trinajstić information content (AvgIpc) is 2.24. The Balaban J connectivity index is 2.91. The van der Waals surface area contributed by atoms with Crippen LogP contribution in [-0.2, 0) is 9.59 Å². The fourth-order valence-electron chi connectivity index (χ4n) is 1.12. The number of nitrogens with one attached hydrogen (secondary N) is 1. The molecule has 1 heterocycles. The lowest BCUT2D eigenvalue weighted by molar-refractivity contribution is -0.125. The maximum atomic E-state index is 10.9. The predicted molar refractivity (Wildman–Crippen MR) is 40.5 cm³/mol. The average molecular weight is 151 g/mol. The summed E-state index contributed by atoms with van der Waals surface area (Å²) in [5.74, 6) is -1.43. The van der Waals surface area contributed by atoms with Crippen LogP contribution in [0, 0.1) is 11.8 Å². The quantitative estimate of drug-likeness (QED) is 0.454. The van der Waals surface area contributed by atoms with Crippen LogP contribution in [0.4, 0.5) is 0 Å². The van der Waals surface area contributed by atoms with Gasteiger partial charge >= 0.3 is 0 Å². The lowest BCUT2D eigenvalue weighted by atomic mass is 9.95. The van der Waals surface area contributed by atoms with Crippen LogP contribution >= 0.6 is 0 Å². The third kappa shape index (κ3) is 1.09. The number of hydrogen-bond donors (Lipinski definition) is 1. The van der Waals surface area contributed by atoms with E-state index in [9.17, 15) is 9.59 Å². The van der Waals surface area contributed by atoms with Crippen molar-refractivity contribution in [2.45, 2.75) is 0 Å². The molecule has 0 radical (unpaired) electrons. The summed E-state index contributed by atoms with van der Waals surface area (Å²) in [5.41, 5.74) is 0. The summed E-state index contributed by atoms with van der Waals surface area (Å²) in [6, 6.07) is 0. The van der Waals surface area contributed by atoms with Crippen LogP contribution in [-0.4, -0.2) is 11.8 Å². The van der Waals surface area contributed by atoms with Crippen molar-refractivity contribution < 1.29 is 9.59 Å². The Bertz CT molecular complexity index is 208. The summed E-state index contributed by atoms with van der Waals surface area (Å²) >= 11 is 0. The summed E-state index contributed by atoms with van der Waals surface area (Å²) in [7, 11) is 0. The number of hydrogen-bond acceptors (Lipinski definition) is 2. The van der Waals surface area contributed by atoms with Gasteiger partial charge in [-0.2, -0.15) is 0 Å². The topological polar surface area (TPSA) is 46.2 Å². The van der Waals surface area contributed by atoms with Gasteiger partial charge in [0.15, 0.2) is 0 Å². The van der Waals surface area contributed by atoms with Crippen molar-refractivity contribution in [2.24, 2.45) is 11.8 Å². The Kier molecular flexibility index (Phi) is 1.89. The maximum absolute atomic E-state index is 10.9. The van der Waals surface area contributed by atoms with Gasteiger partial charge in [0.2, 0.25) is 11.8 Å². The van der Waals surface area contributed by atoms with E-state index >= 15 is 0 Å². The lowest BCUT2D eigenvalue weighted by Crippen LogP contribution is -2.21. The molecule has 1 rings (SSSR count). The van der Waals surface area contributed by atoms with Crippen LogP contribution < -0.4 is 5.32 Å². The molecule has 0 aromatic carbocycles. The van der Waals surface area contributed by atoms with Crippen LogP contribution in [0.2, 0.25) is 0 Å². The molecule has 0 aromatic heterocycles. The van der Waals surface area contributed by atoms with Gasteiger partial charge in [-0.25, -0.2) is 0 Å². The molecule has 2 atom stereocenters. The molecule has 11 heavy (non-hydrogen) atoms. The maximum Gasteiger partial charge on any atom is 0.234 e. The van der Waals surface area contributed by atoms with E-state index in [-0.39, 0.29) is 11.8 Å². The van der Waals surface area contributed by atoms with Gasteiger partial charge in [0.25, 0.3) is 0 Å². The van der Waals surface area contributed by atoms with E-state index in [1.165, 1.54) is 12.2 Å². The molecule has 0 aromatic rings. The Morgan fingerprint density at radius 3 is 1.73 bits per heavy atom. The first-order valence-electron chi connectivity index (χ1n) is 3.30. The van der Waals surface area contributed by atoms with E-state index < -0.39 is 11.8 Å². The number of imide groups is 1. The lowest BCUT2D eigenvalue weighted by Gasteiger charge is -2.03. The fraction of sp³-hybridized carbons (Fsp3) is 0.250. The minimum atomic E-state index is -0.431. The third-order valence-electron chi connectivity index (χ3n) is 1.75. The van der Waals surface area contributed by atoms with Crippen LogP contribution in [0.5, 0.6) is 0 Å². The fourth-order valence-corrected chi connectivity index (χ4v) is 1.12. The zero-order valence-corrected chi connectivity index (χ0v) is 6.04. The second kappa shape index (κ2) is 2.70. The molecule has 2 amide bonds. The van der Waals surface area contributed by atoms with E-state index in [2.05, 4.69) is 18.5 Å². The summed E-state index contributed by atoms with van der Waals surface area (Å²) in [6.07, 6.45) is 2.93. The Morgan fingerprint density at radius 2 is 1.45 bits per heavy atom. The van der Waals surface area contributed by atoms with Crippen molar-refractivity contribution in [2.75, 3.05) is 0 Å². The molecule has 2 unspecified atom stereocenters. The van der Waals surface area contributed by atoms with Gasteiger partial charge < -0.3 is 0 Å². The van der Waals surface area contributed by atoms with Crippen LogP contribution in [0.25, 0.3) is 0 Å². The van der Waals surface area contributed by atoms with Gasteiger partial charge in [-0.1, -0.05) is 12.2 Å². The Hall–Kier alpha value is -1.38. The highest BCUT2D eigenvalue weighted by atomic mass is 16.2. The highest BCUT2D eigenvalue weighted by Crippen LogP contribution is 2.20. The Labute approximate surface area is 64.8 Å². The molecule has 58 valence electrons. The van der Waals surface area contributed by atoms with Gasteiger partial charge in [-0.15, -0.1) is 13.2 Å². The summed E-state index contributed by atoms with van der Waals surface area (Å²) in [6.45, 7) is 6.93. The zero-order valence-electron chi connectivity index (χ0n) is 6.04. The minimum absolute atomic E-state index is 0.282. The molecule has 1 aliphatic heterocycles. The zero-order chi connectivity index (χ0) is 8.43. The van der Waals surface area contributed by atoms with E-state index in [0.29, 0.717) is 0 Å². The molecule has 0 spiro atoms. The van der Waals surface area contributed by atoms with Crippen LogP contribution in [0.15, 0.2) is 25.3 Å². The Morgan fingerprint density at radius 1 is 1.09 bits per heavy atom. The highest BCUT2D eigenvalue weighted by molar-refractivity contribution is 6.06. The monoisotopic (exact) mass is 151 g/mol. The molecule has 1 aliphatic rings. The van der Waals surface area contributed by atoms with Crippen molar-refractivity contribution in [3.8, 4) is 0 Å². The van der Waals surface area contributed by atoms with Gasteiger partial charge in [-0.3, -0.25) is 14.9 Å². The van der Waals surface area contributed by atoms with Gasteiger partial charge in [0, 0.05) is 0 Å². The normalized spacial score (nSPS) is 29.8.